The number of hydrogen-bond acceptors (Lipinski definition) is 4. The molecule has 1 N–H and O–H groups in total. The van der Waals surface area contributed by atoms with Gasteiger partial charge in [0.1, 0.15) is 5.69 Å². The molecule has 130 valence electrons. The Bertz CT molecular complexity index is 836. The Hall–Kier alpha value is -2.31. The van der Waals surface area contributed by atoms with Gasteiger partial charge in [0.05, 0.1) is 15.6 Å². The van der Waals surface area contributed by atoms with Gasteiger partial charge in [-0.25, -0.2) is 0 Å². The minimum Gasteiger partial charge on any atom is -0.366 e. The van der Waals surface area contributed by atoms with Crippen molar-refractivity contribution in [3.8, 4) is 0 Å². The summed E-state index contributed by atoms with van der Waals surface area (Å²) in [5.41, 5.74) is 1.12. The molecule has 25 heavy (non-hydrogen) atoms. The Kier molecular flexibility index (Phi) is 5.11. The molecule has 1 amide bonds. The van der Waals surface area contributed by atoms with Crippen molar-refractivity contribution in [3.05, 3.63) is 62.1 Å². The molecule has 1 heterocycles. The summed E-state index contributed by atoms with van der Waals surface area (Å²) in [6.07, 6.45) is 1.95. The number of carbonyl (C=O) groups is 1. The van der Waals surface area contributed by atoms with Crippen LogP contribution in [0.4, 0.5) is 17.1 Å². The largest absolute Gasteiger partial charge is 0.366 e. The maximum Gasteiger partial charge on any atom is 0.294 e. The lowest BCUT2D eigenvalue weighted by Gasteiger charge is -2.19. The second-order valence-electron chi connectivity index (χ2n) is 5.74. The standard InChI is InChI=1S/C17H15Cl2N3O3/c18-12-5-3-4-11(8-12)17(23)20-14-10-15(21-6-1-2-7-21)16(22(24)25)9-13(14)19/h3-5,8-10H,1-2,6-7H2,(H,20,23). The quantitative estimate of drug-likeness (QED) is 0.613. The van der Waals surface area contributed by atoms with Crippen LogP contribution in [-0.4, -0.2) is 23.9 Å². The molecule has 0 bridgehead atoms. The molecule has 1 fully saturated rings. The van der Waals surface area contributed by atoms with Crippen molar-refractivity contribution in [1.29, 1.82) is 0 Å². The topological polar surface area (TPSA) is 75.5 Å². The second kappa shape index (κ2) is 7.29. The van der Waals surface area contributed by atoms with Crippen molar-refractivity contribution >= 4 is 46.2 Å². The van der Waals surface area contributed by atoms with Gasteiger partial charge >= 0.3 is 0 Å². The van der Waals surface area contributed by atoms with Crippen LogP contribution < -0.4 is 10.2 Å². The fourth-order valence-electron chi connectivity index (χ4n) is 2.83. The van der Waals surface area contributed by atoms with Crippen LogP contribution >= 0.6 is 23.2 Å². The highest BCUT2D eigenvalue weighted by Gasteiger charge is 2.25. The number of amides is 1. The summed E-state index contributed by atoms with van der Waals surface area (Å²) in [6, 6.07) is 9.35. The molecule has 6 nitrogen and oxygen atoms in total. The van der Waals surface area contributed by atoms with Crippen LogP contribution in [0.2, 0.25) is 10.0 Å². The number of carbonyl (C=O) groups excluding carboxylic acids is 1. The SMILES string of the molecule is O=C(Nc1cc(N2CCCC2)c([N+](=O)[O-])cc1Cl)c1cccc(Cl)c1. The van der Waals surface area contributed by atoms with Gasteiger partial charge in [0.2, 0.25) is 0 Å². The number of rotatable bonds is 4. The van der Waals surface area contributed by atoms with E-state index < -0.39 is 4.92 Å². The average Bonchev–Trinajstić information content (AvgIpc) is 3.10. The highest BCUT2D eigenvalue weighted by molar-refractivity contribution is 6.34. The number of nitro groups is 1. The van der Waals surface area contributed by atoms with E-state index in [1.165, 1.54) is 12.1 Å². The van der Waals surface area contributed by atoms with Crippen LogP contribution in [0.3, 0.4) is 0 Å². The number of halogens is 2. The predicted molar refractivity (Wildman–Crippen MR) is 99.0 cm³/mol. The van der Waals surface area contributed by atoms with Gasteiger partial charge in [0, 0.05) is 29.7 Å². The van der Waals surface area contributed by atoms with E-state index in [0.29, 0.717) is 22.0 Å². The first-order valence-corrected chi connectivity index (χ1v) is 8.51. The van der Waals surface area contributed by atoms with Gasteiger partial charge in [-0.1, -0.05) is 29.3 Å². The van der Waals surface area contributed by atoms with Crippen LogP contribution in [0.5, 0.6) is 0 Å². The first-order valence-electron chi connectivity index (χ1n) is 7.75. The lowest BCUT2D eigenvalue weighted by Crippen LogP contribution is -2.20. The Morgan fingerprint density at radius 3 is 2.52 bits per heavy atom. The molecule has 0 radical (unpaired) electrons. The third-order valence-electron chi connectivity index (χ3n) is 4.04. The van der Waals surface area contributed by atoms with Gasteiger partial charge in [-0.2, -0.15) is 0 Å². The van der Waals surface area contributed by atoms with Crippen molar-refractivity contribution in [2.24, 2.45) is 0 Å². The Morgan fingerprint density at radius 2 is 1.88 bits per heavy atom. The molecule has 0 atom stereocenters. The Balaban J connectivity index is 1.94. The minimum atomic E-state index is -0.456. The number of nitro benzene ring substituents is 1. The third kappa shape index (κ3) is 3.86. The summed E-state index contributed by atoms with van der Waals surface area (Å²) in [4.78, 5) is 25.2. The van der Waals surface area contributed by atoms with Crippen molar-refractivity contribution in [1.82, 2.24) is 0 Å². The summed E-state index contributed by atoms with van der Waals surface area (Å²) in [7, 11) is 0. The van der Waals surface area contributed by atoms with Crippen molar-refractivity contribution < 1.29 is 9.72 Å². The van der Waals surface area contributed by atoms with Crippen molar-refractivity contribution in [2.75, 3.05) is 23.3 Å². The molecule has 1 aliphatic heterocycles. The van der Waals surface area contributed by atoms with Crippen molar-refractivity contribution in [3.63, 3.8) is 0 Å². The molecule has 0 unspecified atom stereocenters. The number of nitrogens with zero attached hydrogens (tertiary/aromatic N) is 2. The van der Waals surface area contributed by atoms with Crippen LogP contribution in [0.15, 0.2) is 36.4 Å². The predicted octanol–water partition coefficient (Wildman–Crippen LogP) is 4.75. The lowest BCUT2D eigenvalue weighted by atomic mass is 10.2. The molecule has 0 saturated carbocycles. The van der Waals surface area contributed by atoms with Gasteiger partial charge in [-0.05, 0) is 37.1 Å². The van der Waals surface area contributed by atoms with E-state index in [1.807, 2.05) is 4.90 Å². The van der Waals surface area contributed by atoms with Crippen LogP contribution in [0.25, 0.3) is 0 Å². The average molecular weight is 380 g/mol. The highest BCUT2D eigenvalue weighted by Crippen LogP contribution is 2.38. The Morgan fingerprint density at radius 1 is 1.16 bits per heavy atom. The number of nitrogens with one attached hydrogen (secondary N) is 1. The molecule has 2 aromatic carbocycles. The fraction of sp³-hybridized carbons (Fsp3) is 0.235. The molecular formula is C17H15Cl2N3O3. The fourth-order valence-corrected chi connectivity index (χ4v) is 3.22. The maximum atomic E-state index is 12.4. The van der Waals surface area contributed by atoms with E-state index in [-0.39, 0.29) is 16.6 Å². The number of hydrogen-bond donors (Lipinski definition) is 1. The monoisotopic (exact) mass is 379 g/mol. The molecule has 1 saturated heterocycles. The van der Waals surface area contributed by atoms with Crippen molar-refractivity contribution in [2.45, 2.75) is 12.8 Å². The van der Waals surface area contributed by atoms with Gasteiger partial charge in [-0.15, -0.1) is 0 Å². The van der Waals surface area contributed by atoms with E-state index in [1.54, 1.807) is 24.3 Å². The molecule has 0 aliphatic carbocycles. The zero-order valence-electron chi connectivity index (χ0n) is 13.2. The second-order valence-corrected chi connectivity index (χ2v) is 6.58. The minimum absolute atomic E-state index is 0.0624. The normalized spacial score (nSPS) is 13.8. The van der Waals surface area contributed by atoms with Gasteiger partial charge in [0.25, 0.3) is 11.6 Å². The summed E-state index contributed by atoms with van der Waals surface area (Å²) in [6.45, 7) is 1.48. The van der Waals surface area contributed by atoms with Crippen LogP contribution in [0, 0.1) is 10.1 Å². The molecule has 3 rings (SSSR count). The zero-order chi connectivity index (χ0) is 18.0. The van der Waals surface area contributed by atoms with E-state index in [0.717, 1.165) is 25.9 Å². The first-order chi connectivity index (χ1) is 12.0. The maximum absolute atomic E-state index is 12.4. The molecule has 0 spiro atoms. The smallest absolute Gasteiger partial charge is 0.294 e. The highest BCUT2D eigenvalue weighted by atomic mass is 35.5. The molecule has 0 aromatic heterocycles. The molecule has 2 aromatic rings. The molecule has 1 aliphatic rings. The van der Waals surface area contributed by atoms with E-state index in [2.05, 4.69) is 5.32 Å². The van der Waals surface area contributed by atoms with E-state index in [9.17, 15) is 14.9 Å². The summed E-state index contributed by atoms with van der Waals surface area (Å²) in [5.74, 6) is -0.384. The van der Waals surface area contributed by atoms with Gasteiger partial charge < -0.3 is 10.2 Å². The Labute approximate surface area is 154 Å². The van der Waals surface area contributed by atoms with Crippen LogP contribution in [-0.2, 0) is 0 Å². The molecular weight excluding hydrogens is 365 g/mol. The lowest BCUT2D eigenvalue weighted by molar-refractivity contribution is -0.384. The first kappa shape index (κ1) is 17.5. The van der Waals surface area contributed by atoms with E-state index in [4.69, 9.17) is 23.2 Å². The van der Waals surface area contributed by atoms with Gasteiger partial charge in [0.15, 0.2) is 0 Å². The zero-order valence-corrected chi connectivity index (χ0v) is 14.7. The third-order valence-corrected chi connectivity index (χ3v) is 4.59. The summed E-state index contributed by atoms with van der Waals surface area (Å²) < 4.78 is 0. The van der Waals surface area contributed by atoms with Gasteiger partial charge in [-0.3, -0.25) is 14.9 Å². The van der Waals surface area contributed by atoms with E-state index >= 15 is 0 Å². The summed E-state index contributed by atoms with van der Waals surface area (Å²) in [5, 5.41) is 14.6. The van der Waals surface area contributed by atoms with Crippen LogP contribution in [0.1, 0.15) is 23.2 Å². The number of benzene rings is 2. The number of anilines is 2. The molecule has 8 heteroatoms. The summed E-state index contributed by atoms with van der Waals surface area (Å²) >= 11 is 12.1.